The van der Waals surface area contributed by atoms with Gasteiger partial charge in [0.1, 0.15) is 30.9 Å². The molecule has 126 valence electrons. The van der Waals surface area contributed by atoms with Crippen molar-refractivity contribution in [2.24, 2.45) is 4.99 Å². The molecule has 3 atom stereocenters. The molecule has 1 fully saturated rings. The lowest BCUT2D eigenvalue weighted by atomic mass is 10.1. The number of nitrogens with zero attached hydrogens (tertiary/aromatic N) is 2. The van der Waals surface area contributed by atoms with Crippen LogP contribution in [0.4, 0.5) is 8.78 Å². The summed E-state index contributed by atoms with van der Waals surface area (Å²) in [5, 5.41) is 9.37. The third-order valence-electron chi connectivity index (χ3n) is 3.43. The van der Waals surface area contributed by atoms with Crippen molar-refractivity contribution in [3.05, 3.63) is 35.4 Å². The molecule has 0 amide bonds. The normalized spacial score (nSPS) is 19.6. The zero-order valence-corrected chi connectivity index (χ0v) is 14.8. The minimum atomic E-state index is -0.913. The predicted octanol–water partition coefficient (Wildman–Crippen LogP) is 3.34. The molecule has 3 unspecified atom stereocenters. The van der Waals surface area contributed by atoms with E-state index in [9.17, 15) is 13.9 Å². The van der Waals surface area contributed by atoms with E-state index < -0.39 is 24.5 Å². The molecule has 1 aliphatic heterocycles. The Kier molecular flexibility index (Phi) is 6.39. The van der Waals surface area contributed by atoms with Crippen molar-refractivity contribution >= 4 is 24.7 Å². The van der Waals surface area contributed by atoms with Crippen LogP contribution in [0, 0.1) is 11.6 Å². The summed E-state index contributed by atoms with van der Waals surface area (Å²) in [6.45, 7) is 3.71. The lowest BCUT2D eigenvalue weighted by Gasteiger charge is -2.11. The number of benzene rings is 1. The summed E-state index contributed by atoms with van der Waals surface area (Å²) in [5.41, 5.74) is 0.447. The molecule has 1 aromatic carbocycles. The minimum Gasteiger partial charge on any atom is -0.461 e. The molecular weight excluding hydrogens is 341 g/mol. The Hall–Kier alpha value is -1.17. The second-order valence-electron chi connectivity index (χ2n) is 5.48. The Morgan fingerprint density at radius 3 is 2.61 bits per heavy atom. The van der Waals surface area contributed by atoms with Crippen LogP contribution >= 0.6 is 6.85 Å². The number of aliphatic hydroxyl groups is 1. The van der Waals surface area contributed by atoms with Gasteiger partial charge in [0.25, 0.3) is 6.85 Å². The Labute approximate surface area is 140 Å². The number of halogens is 2. The van der Waals surface area contributed by atoms with Gasteiger partial charge in [-0.2, -0.15) is 0 Å². The Balaban J connectivity index is 2.11. The molecule has 1 heterocycles. The highest BCUT2D eigenvalue weighted by atomic mass is 32.4. The number of hydrogen-bond acceptors (Lipinski definition) is 4. The highest BCUT2D eigenvalue weighted by Gasteiger charge is 2.33. The van der Waals surface area contributed by atoms with Crippen LogP contribution in [0.25, 0.3) is 0 Å². The highest BCUT2D eigenvalue weighted by molar-refractivity contribution is 8.04. The van der Waals surface area contributed by atoms with Gasteiger partial charge in [-0.05, 0) is 31.5 Å². The van der Waals surface area contributed by atoms with Crippen LogP contribution in [0.3, 0.4) is 0 Å². The Morgan fingerprint density at radius 1 is 1.35 bits per heavy atom. The molecule has 0 aromatic heterocycles. The van der Waals surface area contributed by atoms with Crippen molar-refractivity contribution < 1.29 is 18.6 Å². The molecule has 0 saturated carbocycles. The second-order valence-corrected chi connectivity index (χ2v) is 8.37. The molecule has 1 saturated heterocycles. The summed E-state index contributed by atoms with van der Waals surface area (Å²) >= 11 is 5.50. The SMILES string of the molecule is CC(O)CC[P+](=S)N1CCOC1=NC(C)c1cc(F)cc(F)c1. The first-order valence-electron chi connectivity index (χ1n) is 7.43. The quantitative estimate of drug-likeness (QED) is 0.790. The maximum atomic E-state index is 13.3. The summed E-state index contributed by atoms with van der Waals surface area (Å²) < 4.78 is 34.1. The van der Waals surface area contributed by atoms with Crippen molar-refractivity contribution in [2.75, 3.05) is 19.3 Å². The molecule has 0 bridgehead atoms. The molecule has 1 aliphatic rings. The molecule has 0 radical (unpaired) electrons. The number of ether oxygens (including phenoxy) is 1. The summed E-state index contributed by atoms with van der Waals surface area (Å²) in [6.07, 6.45) is 0.943. The summed E-state index contributed by atoms with van der Waals surface area (Å²) in [4.78, 5) is 4.43. The molecule has 8 heteroatoms. The molecule has 1 aromatic rings. The zero-order chi connectivity index (χ0) is 17.0. The molecule has 2 rings (SSSR count). The fraction of sp³-hybridized carbons (Fsp3) is 0.533. The molecule has 23 heavy (non-hydrogen) atoms. The second kappa shape index (κ2) is 8.08. The summed E-state index contributed by atoms with van der Waals surface area (Å²) in [5.74, 6) is -1.25. The monoisotopic (exact) mass is 361 g/mol. The third kappa shape index (κ3) is 5.16. The molecule has 0 spiro atoms. The number of rotatable bonds is 6. The predicted molar refractivity (Wildman–Crippen MR) is 90.3 cm³/mol. The van der Waals surface area contributed by atoms with Crippen molar-refractivity contribution in [1.29, 1.82) is 0 Å². The molecule has 0 aliphatic carbocycles. The van der Waals surface area contributed by atoms with Crippen molar-refractivity contribution in [1.82, 2.24) is 4.67 Å². The maximum Gasteiger partial charge on any atom is 0.327 e. The first-order chi connectivity index (χ1) is 10.9. The first kappa shape index (κ1) is 18.2. The zero-order valence-electron chi connectivity index (χ0n) is 13.1. The number of aliphatic hydroxyl groups excluding tert-OH is 1. The number of aliphatic imine (C=N–C) groups is 1. The maximum absolute atomic E-state index is 13.3. The number of amidine groups is 1. The van der Waals surface area contributed by atoms with Crippen LogP contribution in [0.15, 0.2) is 23.2 Å². The number of hydrogen-bond donors (Lipinski definition) is 1. The van der Waals surface area contributed by atoms with Gasteiger partial charge in [-0.3, -0.25) is 0 Å². The fourth-order valence-electron chi connectivity index (χ4n) is 2.18. The van der Waals surface area contributed by atoms with E-state index >= 15 is 0 Å². The highest BCUT2D eigenvalue weighted by Crippen LogP contribution is 2.33. The van der Waals surface area contributed by atoms with Crippen LogP contribution in [-0.2, 0) is 16.5 Å². The van der Waals surface area contributed by atoms with Crippen molar-refractivity contribution in [3.63, 3.8) is 0 Å². The lowest BCUT2D eigenvalue weighted by molar-refractivity contribution is 0.191. The van der Waals surface area contributed by atoms with E-state index in [2.05, 4.69) is 4.99 Å². The summed E-state index contributed by atoms with van der Waals surface area (Å²) in [7, 11) is 0. The molecule has 4 nitrogen and oxygen atoms in total. The van der Waals surface area contributed by atoms with Gasteiger partial charge in [0.05, 0.1) is 12.1 Å². The Bertz CT molecular complexity index is 593. The van der Waals surface area contributed by atoms with Crippen LogP contribution < -0.4 is 0 Å². The van der Waals surface area contributed by atoms with Gasteiger partial charge in [-0.25, -0.2) is 13.8 Å². The van der Waals surface area contributed by atoms with Gasteiger partial charge in [0.15, 0.2) is 11.8 Å². The van der Waals surface area contributed by atoms with Crippen molar-refractivity contribution in [3.8, 4) is 0 Å². The van der Waals surface area contributed by atoms with Gasteiger partial charge in [-0.1, -0.05) is 0 Å². The van der Waals surface area contributed by atoms with Gasteiger partial charge >= 0.3 is 6.02 Å². The van der Waals surface area contributed by atoms with E-state index in [0.29, 0.717) is 37.3 Å². The first-order valence-corrected chi connectivity index (χ1v) is 9.93. The van der Waals surface area contributed by atoms with E-state index in [-0.39, 0.29) is 6.10 Å². The van der Waals surface area contributed by atoms with Gasteiger partial charge in [0.2, 0.25) is 0 Å². The van der Waals surface area contributed by atoms with E-state index in [1.54, 1.807) is 13.8 Å². The third-order valence-corrected chi connectivity index (χ3v) is 6.12. The summed E-state index contributed by atoms with van der Waals surface area (Å²) in [6, 6.07) is 3.35. The average Bonchev–Trinajstić information content (AvgIpc) is 2.91. The van der Waals surface area contributed by atoms with Gasteiger partial charge < -0.3 is 9.84 Å². The standard InChI is InChI=1S/C15H20F2N2O2PS/c1-10(20)3-6-22(23)19-4-5-21-15(19)18-11(2)12-7-13(16)9-14(17)8-12/h7-11,20H,3-6H2,1-2H3/q+1. The fourth-order valence-corrected chi connectivity index (χ4v) is 4.39. The van der Waals surface area contributed by atoms with Gasteiger partial charge in [-0.15, -0.1) is 4.67 Å². The smallest absolute Gasteiger partial charge is 0.327 e. The lowest BCUT2D eigenvalue weighted by Crippen LogP contribution is -2.20. The largest absolute Gasteiger partial charge is 0.461 e. The van der Waals surface area contributed by atoms with E-state index in [0.717, 1.165) is 6.07 Å². The van der Waals surface area contributed by atoms with Crippen LogP contribution in [0.5, 0.6) is 0 Å². The van der Waals surface area contributed by atoms with E-state index in [4.69, 9.17) is 16.5 Å². The van der Waals surface area contributed by atoms with Crippen LogP contribution in [0.1, 0.15) is 31.9 Å². The Morgan fingerprint density at radius 2 is 2.00 bits per heavy atom. The van der Waals surface area contributed by atoms with E-state index in [1.807, 2.05) is 4.67 Å². The molecule has 1 N–H and O–H groups in total. The minimum absolute atomic E-state index is 0.388. The van der Waals surface area contributed by atoms with Crippen molar-refractivity contribution in [2.45, 2.75) is 32.4 Å². The van der Waals surface area contributed by atoms with Gasteiger partial charge in [0, 0.05) is 12.5 Å². The van der Waals surface area contributed by atoms with Crippen LogP contribution in [-0.4, -0.2) is 41.2 Å². The average molecular weight is 361 g/mol. The topological polar surface area (TPSA) is 45.1 Å². The van der Waals surface area contributed by atoms with E-state index in [1.165, 1.54) is 12.1 Å². The van der Waals surface area contributed by atoms with Crippen LogP contribution in [0.2, 0.25) is 0 Å². The molecular formula is C15H20F2N2O2PS+.